The molecule has 0 radical (unpaired) electrons. The van der Waals surface area contributed by atoms with E-state index in [0.29, 0.717) is 12.2 Å². The topological polar surface area (TPSA) is 155 Å². The van der Waals surface area contributed by atoms with E-state index in [1.165, 1.54) is 0 Å². The summed E-state index contributed by atoms with van der Waals surface area (Å²) >= 11 is 0. The van der Waals surface area contributed by atoms with Crippen molar-refractivity contribution >= 4 is 28.7 Å². The van der Waals surface area contributed by atoms with Crippen molar-refractivity contribution in [1.29, 1.82) is 0 Å². The van der Waals surface area contributed by atoms with Crippen LogP contribution < -0.4 is 5.32 Å². The van der Waals surface area contributed by atoms with Gasteiger partial charge in [0, 0.05) is 17.8 Å². The van der Waals surface area contributed by atoms with Crippen LogP contribution in [0.3, 0.4) is 0 Å². The minimum absolute atomic E-state index is 0.149. The standard InChI is InChI=1S/C16H15N5O.2C2HF3O2/c1-10-3-4-14-12(5-10)7-19-15(21-14)16(22)20-9-13-8-17-11(2)6-18-13;2*3-2(4,5)1(6)7/h3-8H,9H2,1-2H3,(H,20,22);2*(H,6,7). The lowest BCUT2D eigenvalue weighted by Gasteiger charge is -2.05. The zero-order valence-electron chi connectivity index (χ0n) is 18.3. The second kappa shape index (κ2) is 12.4. The molecule has 1 amide bonds. The van der Waals surface area contributed by atoms with Gasteiger partial charge in [0.1, 0.15) is 0 Å². The third kappa shape index (κ3) is 10.3. The molecule has 0 atom stereocenters. The molecule has 0 unspecified atom stereocenters. The monoisotopic (exact) mass is 521 g/mol. The quantitative estimate of drug-likeness (QED) is 0.441. The molecule has 0 saturated heterocycles. The first kappa shape index (κ1) is 29.7. The van der Waals surface area contributed by atoms with Gasteiger partial charge >= 0.3 is 24.3 Å². The number of halogens is 6. The number of carbonyl (C=O) groups excluding carboxylic acids is 1. The number of aryl methyl sites for hydroxylation is 2. The van der Waals surface area contributed by atoms with Crippen molar-refractivity contribution in [3.05, 3.63) is 59.6 Å². The smallest absolute Gasteiger partial charge is 0.475 e. The Bertz CT molecular complexity index is 1190. The minimum Gasteiger partial charge on any atom is -0.475 e. The van der Waals surface area contributed by atoms with Crippen LogP contribution in [0.25, 0.3) is 10.9 Å². The van der Waals surface area contributed by atoms with Gasteiger partial charge in [0.25, 0.3) is 5.91 Å². The lowest BCUT2D eigenvalue weighted by molar-refractivity contribution is -0.193. The SMILES string of the molecule is Cc1ccc2nc(C(=O)NCc3cnc(C)cn3)ncc2c1.O=C(O)C(F)(F)F.O=C(O)C(F)(F)F. The van der Waals surface area contributed by atoms with Gasteiger partial charge in [-0.05, 0) is 26.0 Å². The first-order valence-electron chi connectivity index (χ1n) is 9.40. The molecule has 1 aromatic carbocycles. The summed E-state index contributed by atoms with van der Waals surface area (Å²) < 4.78 is 63.5. The van der Waals surface area contributed by atoms with Crippen LogP contribution in [0.5, 0.6) is 0 Å². The Kier molecular flexibility index (Phi) is 10.2. The third-order valence-corrected chi connectivity index (χ3v) is 3.69. The van der Waals surface area contributed by atoms with Gasteiger partial charge in [-0.2, -0.15) is 26.3 Å². The number of nitrogens with zero attached hydrogens (tertiary/aromatic N) is 4. The number of fused-ring (bicyclic) bond motifs is 1. The van der Waals surface area contributed by atoms with Crippen molar-refractivity contribution in [3.63, 3.8) is 0 Å². The Labute approximate surface area is 198 Å². The number of aliphatic carboxylic acids is 2. The van der Waals surface area contributed by atoms with Crippen LogP contribution in [0.4, 0.5) is 26.3 Å². The molecule has 0 aliphatic carbocycles. The van der Waals surface area contributed by atoms with Crippen LogP contribution in [0, 0.1) is 13.8 Å². The van der Waals surface area contributed by atoms with Gasteiger partial charge in [0.2, 0.25) is 5.82 Å². The van der Waals surface area contributed by atoms with Crippen molar-refractivity contribution in [3.8, 4) is 0 Å². The number of benzene rings is 1. The van der Waals surface area contributed by atoms with Gasteiger partial charge in [0.05, 0.1) is 29.6 Å². The van der Waals surface area contributed by atoms with E-state index >= 15 is 0 Å². The van der Waals surface area contributed by atoms with Crippen molar-refractivity contribution in [1.82, 2.24) is 25.3 Å². The number of nitrogens with one attached hydrogen (secondary N) is 1. The maximum absolute atomic E-state index is 12.1. The number of carboxylic acid groups (broad SMARTS) is 2. The molecule has 0 aliphatic heterocycles. The van der Waals surface area contributed by atoms with Gasteiger partial charge in [-0.25, -0.2) is 19.6 Å². The number of aromatic nitrogens is 4. The Morgan fingerprint density at radius 3 is 1.89 bits per heavy atom. The number of hydrogen-bond donors (Lipinski definition) is 3. The van der Waals surface area contributed by atoms with Crippen LogP contribution in [0.1, 0.15) is 27.6 Å². The molecule has 0 aliphatic rings. The molecular weight excluding hydrogens is 504 g/mol. The average Bonchev–Trinajstić information content (AvgIpc) is 2.77. The summed E-state index contributed by atoms with van der Waals surface area (Å²) in [5.41, 5.74) is 3.41. The van der Waals surface area contributed by atoms with Gasteiger partial charge in [-0.3, -0.25) is 14.8 Å². The Morgan fingerprint density at radius 1 is 0.861 bits per heavy atom. The molecule has 3 N–H and O–H groups in total. The fourth-order valence-electron chi connectivity index (χ4n) is 2.02. The molecule has 0 fully saturated rings. The molecule has 194 valence electrons. The zero-order valence-corrected chi connectivity index (χ0v) is 18.3. The Hall–Kier alpha value is -4.37. The largest absolute Gasteiger partial charge is 0.490 e. The normalized spacial score (nSPS) is 10.9. The number of carboxylic acids is 2. The predicted octanol–water partition coefficient (Wildman–Crippen LogP) is 3.23. The highest BCUT2D eigenvalue weighted by Gasteiger charge is 2.38. The van der Waals surface area contributed by atoms with E-state index in [1.54, 1.807) is 18.6 Å². The van der Waals surface area contributed by atoms with Crippen LogP contribution in [0.15, 0.2) is 36.8 Å². The molecule has 2 heterocycles. The second-order valence-corrected chi connectivity index (χ2v) is 6.69. The van der Waals surface area contributed by atoms with Crippen LogP contribution >= 0.6 is 0 Å². The second-order valence-electron chi connectivity index (χ2n) is 6.69. The first-order valence-corrected chi connectivity index (χ1v) is 9.40. The van der Waals surface area contributed by atoms with Crippen molar-refractivity contribution in [2.45, 2.75) is 32.7 Å². The summed E-state index contributed by atoms with van der Waals surface area (Å²) in [6, 6.07) is 5.83. The van der Waals surface area contributed by atoms with Crippen LogP contribution in [-0.2, 0) is 16.1 Å². The van der Waals surface area contributed by atoms with E-state index in [4.69, 9.17) is 19.8 Å². The maximum Gasteiger partial charge on any atom is 0.490 e. The minimum atomic E-state index is -5.08. The Balaban J connectivity index is 0.000000383. The molecule has 10 nitrogen and oxygen atoms in total. The maximum atomic E-state index is 12.1. The highest BCUT2D eigenvalue weighted by atomic mass is 19.4. The number of alkyl halides is 6. The number of rotatable bonds is 3. The highest BCUT2D eigenvalue weighted by Crippen LogP contribution is 2.14. The molecular formula is C20H17F6N5O5. The average molecular weight is 521 g/mol. The number of carbonyl (C=O) groups is 3. The van der Waals surface area contributed by atoms with E-state index in [1.807, 2.05) is 32.0 Å². The van der Waals surface area contributed by atoms with Crippen LogP contribution in [0.2, 0.25) is 0 Å². The fourth-order valence-corrected chi connectivity index (χ4v) is 2.02. The lowest BCUT2D eigenvalue weighted by Crippen LogP contribution is -2.25. The highest BCUT2D eigenvalue weighted by molar-refractivity contribution is 5.92. The number of hydrogen-bond acceptors (Lipinski definition) is 7. The molecule has 0 spiro atoms. The lowest BCUT2D eigenvalue weighted by atomic mass is 10.2. The van der Waals surface area contributed by atoms with E-state index in [0.717, 1.165) is 22.2 Å². The molecule has 0 saturated carbocycles. The molecule has 2 aromatic heterocycles. The number of amides is 1. The molecule has 36 heavy (non-hydrogen) atoms. The zero-order chi connectivity index (χ0) is 27.7. The van der Waals surface area contributed by atoms with Gasteiger partial charge in [0.15, 0.2) is 0 Å². The fraction of sp³-hybridized carbons (Fsp3) is 0.250. The van der Waals surface area contributed by atoms with E-state index in [-0.39, 0.29) is 11.7 Å². The first-order chi connectivity index (χ1) is 16.5. The van der Waals surface area contributed by atoms with Crippen LogP contribution in [-0.4, -0.2) is 60.3 Å². The summed E-state index contributed by atoms with van der Waals surface area (Å²) in [6.45, 7) is 4.16. The Morgan fingerprint density at radius 2 is 1.42 bits per heavy atom. The van der Waals surface area contributed by atoms with Crippen molar-refractivity contribution in [2.24, 2.45) is 0 Å². The summed E-state index contributed by atoms with van der Waals surface area (Å²) in [5.74, 6) is -5.69. The van der Waals surface area contributed by atoms with E-state index in [2.05, 4.69) is 25.3 Å². The van der Waals surface area contributed by atoms with Crippen molar-refractivity contribution in [2.75, 3.05) is 0 Å². The third-order valence-electron chi connectivity index (χ3n) is 3.69. The van der Waals surface area contributed by atoms with Crippen molar-refractivity contribution < 1.29 is 50.9 Å². The van der Waals surface area contributed by atoms with Gasteiger partial charge in [-0.1, -0.05) is 11.6 Å². The summed E-state index contributed by atoms with van der Waals surface area (Å²) in [6.07, 6.45) is -5.20. The molecule has 3 aromatic rings. The summed E-state index contributed by atoms with van der Waals surface area (Å²) in [7, 11) is 0. The molecule has 3 rings (SSSR count). The predicted molar refractivity (Wildman–Crippen MR) is 110 cm³/mol. The molecule has 16 heteroatoms. The van der Waals surface area contributed by atoms with E-state index < -0.39 is 24.3 Å². The van der Waals surface area contributed by atoms with E-state index in [9.17, 15) is 31.1 Å². The molecule has 0 bridgehead atoms. The summed E-state index contributed by atoms with van der Waals surface area (Å²) in [4.78, 5) is 46.6. The van der Waals surface area contributed by atoms with Gasteiger partial charge < -0.3 is 15.5 Å². The van der Waals surface area contributed by atoms with Gasteiger partial charge in [-0.15, -0.1) is 0 Å². The summed E-state index contributed by atoms with van der Waals surface area (Å²) in [5, 5.41) is 17.9.